The molecule has 0 atom stereocenters. The van der Waals surface area contributed by atoms with E-state index < -0.39 is 6.16 Å². The third-order valence-corrected chi connectivity index (χ3v) is 5.48. The molecule has 0 N–H and O–H groups in total. The van der Waals surface area contributed by atoms with Gasteiger partial charge in [-0.3, -0.25) is 4.99 Å². The van der Waals surface area contributed by atoms with Gasteiger partial charge in [-0.15, -0.1) is 0 Å². The number of nitrogens with zero attached hydrogens (tertiary/aromatic N) is 2. The predicted molar refractivity (Wildman–Crippen MR) is 103 cm³/mol. The van der Waals surface area contributed by atoms with Gasteiger partial charge in [-0.2, -0.15) is 0 Å². The van der Waals surface area contributed by atoms with E-state index in [1.165, 1.54) is 109 Å². The Morgan fingerprint density at radius 1 is 0.750 bits per heavy atom. The number of hydrogen-bond donors (Lipinski definition) is 0. The fourth-order valence-electron chi connectivity index (χ4n) is 4.08. The number of carbonyl (C=O) groups is 1. The molecule has 0 saturated heterocycles. The monoisotopic (exact) mass is 412 g/mol. The van der Waals surface area contributed by atoms with E-state index in [1.54, 1.807) is 0 Å². The van der Waals surface area contributed by atoms with Gasteiger partial charge in [-0.1, -0.05) is 57.8 Å². The average Bonchev–Trinajstić information content (AvgIpc) is 2.70. The van der Waals surface area contributed by atoms with Crippen molar-refractivity contribution in [3.63, 3.8) is 0 Å². The molecule has 0 aromatic rings. The molecule has 1 aliphatic heterocycles. The molecule has 0 radical (unpaired) electrons. The summed E-state index contributed by atoms with van der Waals surface area (Å²) in [6.07, 6.45) is 21.1. The van der Waals surface area contributed by atoms with Crippen LogP contribution in [0, 0.1) is 0 Å². The molecule has 2 aliphatic rings. The first-order valence-corrected chi connectivity index (χ1v) is 10.8. The Bertz CT molecular complexity index is 369. The summed E-state index contributed by atoms with van der Waals surface area (Å²) in [6.45, 7) is 3.66. The molecule has 0 amide bonds. The maximum Gasteiger partial charge on any atom is 1.00 e. The Balaban J connectivity index is 0. The summed E-state index contributed by atoms with van der Waals surface area (Å²) in [5.74, 6) is 0. The van der Waals surface area contributed by atoms with Crippen molar-refractivity contribution in [1.29, 1.82) is 0 Å². The van der Waals surface area contributed by atoms with Crippen LogP contribution in [0.2, 0.25) is 0 Å². The van der Waals surface area contributed by atoms with Crippen LogP contribution in [0.25, 0.3) is 0 Å². The Morgan fingerprint density at radius 3 is 1.79 bits per heavy atom. The van der Waals surface area contributed by atoms with Crippen molar-refractivity contribution < 1.29 is 74.1 Å². The van der Waals surface area contributed by atoms with Crippen molar-refractivity contribution in [2.75, 3.05) is 19.6 Å². The maximum atomic E-state index is 8.33. The van der Waals surface area contributed by atoms with E-state index in [0.29, 0.717) is 0 Å². The molecule has 1 heterocycles. The molecule has 0 aromatic carbocycles. The fraction of sp³-hybridized carbons (Fsp3) is 0.905. The van der Waals surface area contributed by atoms with Crippen molar-refractivity contribution in [2.45, 2.75) is 102 Å². The minimum atomic E-state index is -2.33. The summed E-state index contributed by atoms with van der Waals surface area (Å²) >= 11 is 0. The molecule has 0 unspecified atom stereocenters. The van der Waals surface area contributed by atoms with Gasteiger partial charge in [0.2, 0.25) is 0 Å². The van der Waals surface area contributed by atoms with Crippen LogP contribution in [-0.4, -0.2) is 42.9 Å². The Hall–Kier alpha value is 0.900. The normalized spacial score (nSPS) is 21.3. The second-order valence-electron chi connectivity index (χ2n) is 7.64. The predicted octanol–water partition coefficient (Wildman–Crippen LogP) is -2.83. The maximum absolute atomic E-state index is 8.33. The first-order valence-electron chi connectivity index (χ1n) is 10.8. The number of carbonyl (C=O) groups excluding carboxylic acids is 1. The Kier molecular flexibility index (Phi) is 25.1. The minimum absolute atomic E-state index is 0. The second kappa shape index (κ2) is 22.6. The number of aliphatic imine (C=N–C) groups is 1. The van der Waals surface area contributed by atoms with Gasteiger partial charge in [-0.05, 0) is 57.4 Å². The summed E-state index contributed by atoms with van der Waals surface area (Å²) in [5, 5.41) is 16.7. The van der Waals surface area contributed by atoms with Crippen LogP contribution in [0.15, 0.2) is 4.99 Å². The van der Waals surface area contributed by atoms with Crippen molar-refractivity contribution in [3.05, 3.63) is 0 Å². The largest absolute Gasteiger partial charge is 1.00 e. The summed E-state index contributed by atoms with van der Waals surface area (Å²) in [5.41, 5.74) is 0. The number of carboxylic acid groups (broad SMARTS) is 2. The topological polar surface area (TPSA) is 78.8 Å². The molecule has 1 saturated carbocycles. The van der Waals surface area contributed by atoms with Gasteiger partial charge < -0.3 is 19.9 Å². The standard InChI is InChI=1S/C20H38N2.CH2O3.2Na/c1-2-4-6-10-15-20(14-9-5-3-1)22-18-12-8-7-11-16-21-17-13-19-22;2-1(3)4;;/h16,20H,1-15,17-19H2;(H2,2,3,4);;/q;;2*+1/p-2. The van der Waals surface area contributed by atoms with Gasteiger partial charge in [-0.25, -0.2) is 0 Å². The fourth-order valence-corrected chi connectivity index (χ4v) is 4.08. The smallest absolute Gasteiger partial charge is 0.652 e. The molecule has 1 fully saturated rings. The van der Waals surface area contributed by atoms with Crippen molar-refractivity contribution in [2.24, 2.45) is 4.99 Å². The van der Waals surface area contributed by atoms with Gasteiger partial charge in [0.1, 0.15) is 0 Å². The van der Waals surface area contributed by atoms with Crippen LogP contribution in [0.3, 0.4) is 0 Å². The van der Waals surface area contributed by atoms with E-state index in [9.17, 15) is 0 Å². The first-order chi connectivity index (χ1) is 12.7. The number of rotatable bonds is 1. The quantitative estimate of drug-likeness (QED) is 0.435. The minimum Gasteiger partial charge on any atom is -0.652 e. The van der Waals surface area contributed by atoms with E-state index in [0.717, 1.165) is 12.6 Å². The zero-order chi connectivity index (χ0) is 18.9. The number of hydrogen-bond acceptors (Lipinski definition) is 5. The van der Waals surface area contributed by atoms with Crippen LogP contribution >= 0.6 is 0 Å². The molecule has 28 heavy (non-hydrogen) atoms. The van der Waals surface area contributed by atoms with Crippen molar-refractivity contribution in [3.8, 4) is 0 Å². The summed E-state index contributed by atoms with van der Waals surface area (Å²) in [4.78, 5) is 15.8. The van der Waals surface area contributed by atoms with Gasteiger partial charge in [0.15, 0.2) is 0 Å². The van der Waals surface area contributed by atoms with Crippen LogP contribution < -0.4 is 69.3 Å². The van der Waals surface area contributed by atoms with Gasteiger partial charge in [0.25, 0.3) is 0 Å². The zero-order valence-corrected chi connectivity index (χ0v) is 22.5. The molecular formula is C21H38N2Na2O3. The van der Waals surface area contributed by atoms with E-state index in [4.69, 9.17) is 15.0 Å². The Labute approximate surface area is 216 Å². The van der Waals surface area contributed by atoms with Gasteiger partial charge >= 0.3 is 59.1 Å². The molecular weight excluding hydrogens is 374 g/mol. The zero-order valence-electron chi connectivity index (χ0n) is 18.5. The van der Waals surface area contributed by atoms with Crippen LogP contribution in [0.1, 0.15) is 96.3 Å². The molecule has 7 heteroatoms. The van der Waals surface area contributed by atoms with Gasteiger partial charge in [0.05, 0.1) is 0 Å². The molecule has 0 bridgehead atoms. The van der Waals surface area contributed by atoms with E-state index in [-0.39, 0.29) is 59.1 Å². The van der Waals surface area contributed by atoms with Gasteiger partial charge in [0, 0.05) is 19.1 Å². The molecule has 2 rings (SSSR count). The molecule has 5 nitrogen and oxygen atoms in total. The first kappa shape index (κ1) is 31.1. The van der Waals surface area contributed by atoms with Crippen LogP contribution in [0.4, 0.5) is 4.79 Å². The van der Waals surface area contributed by atoms with E-state index in [1.807, 2.05) is 0 Å². The average molecular weight is 413 g/mol. The summed E-state index contributed by atoms with van der Waals surface area (Å²) in [6, 6.07) is 0.864. The summed E-state index contributed by atoms with van der Waals surface area (Å²) < 4.78 is 0. The molecule has 0 aromatic heterocycles. The van der Waals surface area contributed by atoms with Crippen molar-refractivity contribution >= 4 is 12.4 Å². The molecule has 0 spiro atoms. The van der Waals surface area contributed by atoms with E-state index >= 15 is 0 Å². The molecule has 152 valence electrons. The molecule has 1 aliphatic carbocycles. The van der Waals surface area contributed by atoms with E-state index in [2.05, 4.69) is 16.1 Å². The SMILES string of the molecule is C1=NCCCN(C2CCCCCCCCCC2)CCCCC1.O=C([O-])[O-].[Na+].[Na+]. The summed E-state index contributed by atoms with van der Waals surface area (Å²) in [7, 11) is 0. The Morgan fingerprint density at radius 2 is 1.21 bits per heavy atom. The third kappa shape index (κ3) is 18.9. The van der Waals surface area contributed by atoms with Crippen molar-refractivity contribution in [1.82, 2.24) is 4.90 Å². The van der Waals surface area contributed by atoms with Crippen LogP contribution in [0.5, 0.6) is 0 Å². The second-order valence-corrected chi connectivity index (χ2v) is 7.64. The third-order valence-electron chi connectivity index (χ3n) is 5.48. The van der Waals surface area contributed by atoms with Crippen LogP contribution in [-0.2, 0) is 0 Å².